The minimum Gasteiger partial charge on any atom is -0.497 e. The Labute approximate surface area is 192 Å². The second-order valence-electron chi connectivity index (χ2n) is 8.24. The van der Waals surface area contributed by atoms with Gasteiger partial charge in [-0.05, 0) is 73.9 Å². The predicted molar refractivity (Wildman–Crippen MR) is 130 cm³/mol. The van der Waals surface area contributed by atoms with E-state index in [0.717, 1.165) is 25.7 Å². The van der Waals surface area contributed by atoms with E-state index in [1.807, 2.05) is 0 Å². The number of ether oxygens (including phenoxy) is 1. The number of nitrogens with one attached hydrogen (secondary N) is 2. The molecule has 2 atom stereocenters. The van der Waals surface area contributed by atoms with Gasteiger partial charge >= 0.3 is 0 Å². The smallest absolute Gasteiger partial charge is 0.251 e. The van der Waals surface area contributed by atoms with E-state index in [9.17, 15) is 9.59 Å². The molecule has 2 aromatic carbocycles. The number of carbonyl (C=O) groups excluding carboxylic acids is 2. The lowest BCUT2D eigenvalue weighted by molar-refractivity contribution is -0.110. The number of allylic oxidation sites excluding steroid dienone is 2. The highest BCUT2D eigenvalue weighted by Crippen LogP contribution is 2.22. The van der Waals surface area contributed by atoms with E-state index >= 15 is 0 Å². The fourth-order valence-corrected chi connectivity index (χ4v) is 3.50. The largest absolute Gasteiger partial charge is 0.497 e. The van der Waals surface area contributed by atoms with E-state index in [2.05, 4.69) is 61.7 Å². The number of hydrogen-bond donors (Lipinski definition) is 2. The molecule has 5 nitrogen and oxygen atoms in total. The summed E-state index contributed by atoms with van der Waals surface area (Å²) in [6.45, 7) is 6.93. The molecule has 0 saturated heterocycles. The van der Waals surface area contributed by atoms with Crippen LogP contribution in [0.1, 0.15) is 67.4 Å². The normalized spacial score (nSPS) is 13.2. The van der Waals surface area contributed by atoms with Gasteiger partial charge < -0.3 is 15.4 Å². The van der Waals surface area contributed by atoms with Gasteiger partial charge in [-0.2, -0.15) is 0 Å². The van der Waals surface area contributed by atoms with Crippen molar-refractivity contribution < 1.29 is 14.3 Å². The summed E-state index contributed by atoms with van der Waals surface area (Å²) >= 11 is 0. The number of hydrogen-bond acceptors (Lipinski definition) is 3. The van der Waals surface area contributed by atoms with Gasteiger partial charge in [-0.3, -0.25) is 9.59 Å². The van der Waals surface area contributed by atoms with Gasteiger partial charge in [-0.25, -0.2) is 0 Å². The third kappa shape index (κ3) is 8.22. The first-order chi connectivity index (χ1) is 15.5. The Hall–Kier alpha value is -3.08. The molecule has 2 N–H and O–H groups in total. The molecule has 0 saturated carbocycles. The Morgan fingerprint density at radius 3 is 2.38 bits per heavy atom. The molecule has 1 unspecified atom stereocenters. The third-order valence-corrected chi connectivity index (χ3v) is 5.83. The van der Waals surface area contributed by atoms with E-state index in [1.165, 1.54) is 16.7 Å². The number of amides is 2. The zero-order valence-corrected chi connectivity index (χ0v) is 19.7. The monoisotopic (exact) mass is 436 g/mol. The fraction of sp³-hybridized carbons (Fsp3) is 0.407. The molecule has 0 aliphatic carbocycles. The lowest BCUT2D eigenvalue weighted by Gasteiger charge is -2.17. The van der Waals surface area contributed by atoms with Crippen molar-refractivity contribution >= 4 is 12.3 Å². The number of rotatable bonds is 13. The van der Waals surface area contributed by atoms with Crippen molar-refractivity contribution in [2.24, 2.45) is 0 Å². The SMILES string of the molecule is CCc1ccc(C(C)C/C=C(\C)CC[C@@H](CNC(=O)c2ccc(OC)cc2)NC=O)cc1. The second kappa shape index (κ2) is 13.4. The molecule has 2 rings (SSSR count). The van der Waals surface area contributed by atoms with Crippen LogP contribution in [0.2, 0.25) is 0 Å². The standard InChI is InChI=1S/C27H36N2O3/c1-5-22-9-11-23(12-10-22)21(3)8-6-20(2)7-15-25(29-19-30)18-28-27(31)24-13-16-26(32-4)17-14-24/h6,9-14,16-17,19,21,25H,5,7-8,15,18H2,1-4H3,(H,28,31)(H,29,30)/b20-6+/t21?,25-/m0/s1. The molecular weight excluding hydrogens is 400 g/mol. The number of aryl methyl sites for hydroxylation is 1. The topological polar surface area (TPSA) is 67.4 Å². The first-order valence-electron chi connectivity index (χ1n) is 11.3. The van der Waals surface area contributed by atoms with Crippen molar-refractivity contribution in [3.63, 3.8) is 0 Å². The van der Waals surface area contributed by atoms with Crippen LogP contribution in [0.15, 0.2) is 60.2 Å². The Morgan fingerprint density at radius 1 is 1.09 bits per heavy atom. The maximum Gasteiger partial charge on any atom is 0.251 e. The Morgan fingerprint density at radius 2 is 1.78 bits per heavy atom. The van der Waals surface area contributed by atoms with Crippen LogP contribution in [-0.2, 0) is 11.2 Å². The van der Waals surface area contributed by atoms with Gasteiger partial charge in [0.2, 0.25) is 6.41 Å². The van der Waals surface area contributed by atoms with Crippen molar-refractivity contribution in [2.45, 2.75) is 58.4 Å². The third-order valence-electron chi connectivity index (χ3n) is 5.83. The summed E-state index contributed by atoms with van der Waals surface area (Å²) in [6.07, 6.45) is 6.66. The maximum atomic E-state index is 12.4. The molecule has 172 valence electrons. The summed E-state index contributed by atoms with van der Waals surface area (Å²) in [5, 5.41) is 5.73. The summed E-state index contributed by atoms with van der Waals surface area (Å²) in [4.78, 5) is 23.4. The average Bonchev–Trinajstić information content (AvgIpc) is 2.84. The molecule has 0 spiro atoms. The molecule has 0 heterocycles. The molecule has 0 aromatic heterocycles. The first-order valence-corrected chi connectivity index (χ1v) is 11.3. The van der Waals surface area contributed by atoms with Gasteiger partial charge in [0.25, 0.3) is 5.91 Å². The summed E-state index contributed by atoms with van der Waals surface area (Å²) in [7, 11) is 1.59. The summed E-state index contributed by atoms with van der Waals surface area (Å²) < 4.78 is 5.12. The summed E-state index contributed by atoms with van der Waals surface area (Å²) in [6, 6.07) is 15.7. The lowest BCUT2D eigenvalue weighted by atomic mass is 9.94. The number of carbonyl (C=O) groups is 2. The Balaban J connectivity index is 1.81. The van der Waals surface area contributed by atoms with Crippen LogP contribution in [0.25, 0.3) is 0 Å². The van der Waals surface area contributed by atoms with E-state index in [1.54, 1.807) is 31.4 Å². The van der Waals surface area contributed by atoms with Crippen LogP contribution in [0, 0.1) is 0 Å². The highest BCUT2D eigenvalue weighted by molar-refractivity contribution is 5.94. The molecule has 0 aliphatic rings. The fourth-order valence-electron chi connectivity index (χ4n) is 3.50. The van der Waals surface area contributed by atoms with E-state index < -0.39 is 0 Å². The molecule has 2 aromatic rings. The zero-order valence-electron chi connectivity index (χ0n) is 19.7. The second-order valence-corrected chi connectivity index (χ2v) is 8.24. The molecule has 5 heteroatoms. The van der Waals surface area contributed by atoms with Crippen molar-refractivity contribution in [2.75, 3.05) is 13.7 Å². The maximum absolute atomic E-state index is 12.4. The van der Waals surface area contributed by atoms with Crippen LogP contribution in [0.3, 0.4) is 0 Å². The Bertz CT molecular complexity index is 873. The molecule has 0 bridgehead atoms. The quantitative estimate of drug-likeness (QED) is 0.342. The average molecular weight is 437 g/mol. The van der Waals surface area contributed by atoms with E-state index in [4.69, 9.17) is 4.74 Å². The molecule has 2 amide bonds. The zero-order chi connectivity index (χ0) is 23.3. The highest BCUT2D eigenvalue weighted by atomic mass is 16.5. The van der Waals surface area contributed by atoms with Gasteiger partial charge in [0.05, 0.1) is 7.11 Å². The first kappa shape index (κ1) is 25.2. The van der Waals surface area contributed by atoms with E-state index in [0.29, 0.717) is 30.2 Å². The molecular formula is C27H36N2O3. The highest BCUT2D eigenvalue weighted by Gasteiger charge is 2.12. The predicted octanol–water partition coefficient (Wildman–Crippen LogP) is 5.02. The van der Waals surface area contributed by atoms with Crippen LogP contribution < -0.4 is 15.4 Å². The number of methoxy groups -OCH3 is 1. The molecule has 0 fully saturated rings. The minimum absolute atomic E-state index is 0.114. The van der Waals surface area contributed by atoms with Gasteiger partial charge in [-0.15, -0.1) is 0 Å². The Kier molecular flexibility index (Phi) is 10.5. The van der Waals surface area contributed by atoms with Gasteiger partial charge in [-0.1, -0.05) is 49.8 Å². The molecule has 32 heavy (non-hydrogen) atoms. The van der Waals surface area contributed by atoms with Crippen molar-refractivity contribution in [1.82, 2.24) is 10.6 Å². The summed E-state index contributed by atoms with van der Waals surface area (Å²) in [5.41, 5.74) is 4.57. The van der Waals surface area contributed by atoms with Gasteiger partial charge in [0.1, 0.15) is 5.75 Å². The molecule has 0 radical (unpaired) electrons. The van der Waals surface area contributed by atoms with Crippen LogP contribution in [0.4, 0.5) is 0 Å². The van der Waals surface area contributed by atoms with Gasteiger partial charge in [0, 0.05) is 18.2 Å². The van der Waals surface area contributed by atoms with Crippen LogP contribution in [-0.4, -0.2) is 32.0 Å². The minimum atomic E-state index is -0.166. The van der Waals surface area contributed by atoms with Gasteiger partial charge in [0.15, 0.2) is 0 Å². The number of benzene rings is 2. The van der Waals surface area contributed by atoms with Crippen molar-refractivity contribution in [3.05, 3.63) is 76.9 Å². The van der Waals surface area contributed by atoms with E-state index in [-0.39, 0.29) is 11.9 Å². The van der Waals surface area contributed by atoms with Crippen LogP contribution >= 0.6 is 0 Å². The van der Waals surface area contributed by atoms with Crippen molar-refractivity contribution in [1.29, 1.82) is 0 Å². The van der Waals surface area contributed by atoms with Crippen molar-refractivity contribution in [3.8, 4) is 5.75 Å². The molecule has 0 aliphatic heterocycles. The van der Waals surface area contributed by atoms with Crippen LogP contribution in [0.5, 0.6) is 5.75 Å². The summed E-state index contributed by atoms with van der Waals surface area (Å²) in [5.74, 6) is 1.00. The lowest BCUT2D eigenvalue weighted by Crippen LogP contribution is -2.40.